The highest BCUT2D eigenvalue weighted by molar-refractivity contribution is 5.85. The van der Waals surface area contributed by atoms with Gasteiger partial charge in [-0.3, -0.25) is 0 Å². The van der Waals surface area contributed by atoms with E-state index in [0.29, 0.717) is 12.7 Å². The lowest BCUT2D eigenvalue weighted by Crippen LogP contribution is -1.76. The fraction of sp³-hybridized carbons (Fsp3) is 0.750. The van der Waals surface area contributed by atoms with Crippen molar-refractivity contribution >= 4 is 18.7 Å². The molecule has 3 heteroatoms. The smallest absolute Gasteiger partial charge is 0.126 e. The summed E-state index contributed by atoms with van der Waals surface area (Å²) in [7, 11) is 0. The van der Waals surface area contributed by atoms with E-state index in [9.17, 15) is 9.18 Å². The highest BCUT2D eigenvalue weighted by atomic mass is 35.5. The van der Waals surface area contributed by atoms with Crippen molar-refractivity contribution in [3.05, 3.63) is 0 Å². The van der Waals surface area contributed by atoms with Crippen LogP contribution in [-0.2, 0) is 4.79 Å². The molecule has 0 aliphatic heterocycles. The van der Waals surface area contributed by atoms with E-state index >= 15 is 0 Å². The number of aldehydes is 1. The van der Waals surface area contributed by atoms with Crippen LogP contribution in [0.25, 0.3) is 0 Å². The van der Waals surface area contributed by atoms with Crippen molar-refractivity contribution in [1.82, 2.24) is 0 Å². The van der Waals surface area contributed by atoms with Gasteiger partial charge in [-0.05, 0) is 6.42 Å². The summed E-state index contributed by atoms with van der Waals surface area (Å²) >= 11 is 0. The fourth-order valence-corrected chi connectivity index (χ4v) is 0.322. The lowest BCUT2D eigenvalue weighted by Gasteiger charge is -1.64. The standard InChI is InChI=1S/C4H5FO.ClH/c5-4-1-3(4)2-6;/h2-4H,1H2;1H/t3-,4+;/m0./s1. The quantitative estimate of drug-likeness (QED) is 0.476. The molecule has 0 heterocycles. The van der Waals surface area contributed by atoms with Crippen molar-refractivity contribution in [2.75, 3.05) is 0 Å². The molecule has 1 aliphatic rings. The van der Waals surface area contributed by atoms with Crippen molar-refractivity contribution in [3.8, 4) is 0 Å². The molecule has 0 unspecified atom stereocenters. The minimum absolute atomic E-state index is 0. The Morgan fingerprint density at radius 3 is 2.14 bits per heavy atom. The molecule has 1 nitrogen and oxygen atoms in total. The summed E-state index contributed by atoms with van der Waals surface area (Å²) < 4.78 is 11.5. The maximum Gasteiger partial charge on any atom is 0.126 e. The molecule has 1 fully saturated rings. The molecule has 2 atom stereocenters. The van der Waals surface area contributed by atoms with Gasteiger partial charge in [-0.25, -0.2) is 4.39 Å². The first-order valence-electron chi connectivity index (χ1n) is 1.94. The second-order valence-electron chi connectivity index (χ2n) is 1.55. The first kappa shape index (κ1) is 6.89. The minimum Gasteiger partial charge on any atom is -0.303 e. The summed E-state index contributed by atoms with van der Waals surface area (Å²) in [5.41, 5.74) is 0. The second kappa shape index (κ2) is 2.26. The van der Waals surface area contributed by atoms with Gasteiger partial charge < -0.3 is 4.79 Å². The summed E-state index contributed by atoms with van der Waals surface area (Å²) in [5, 5.41) is 0. The third-order valence-electron chi connectivity index (χ3n) is 0.934. The summed E-state index contributed by atoms with van der Waals surface area (Å²) in [4.78, 5) is 9.54. The Kier molecular flexibility index (Phi) is 2.23. The van der Waals surface area contributed by atoms with Crippen LogP contribution in [0.5, 0.6) is 0 Å². The Labute approximate surface area is 47.3 Å². The number of carbonyl (C=O) groups is 1. The summed E-state index contributed by atoms with van der Waals surface area (Å²) in [6.45, 7) is 0. The van der Waals surface area contributed by atoms with E-state index in [2.05, 4.69) is 0 Å². The monoisotopic (exact) mass is 124 g/mol. The molecular formula is C4H6ClFO. The Balaban J connectivity index is 0.000000360. The molecule has 0 aromatic heterocycles. The molecule has 7 heavy (non-hydrogen) atoms. The second-order valence-corrected chi connectivity index (χ2v) is 1.55. The average molecular weight is 125 g/mol. The third kappa shape index (κ3) is 1.43. The molecule has 1 saturated carbocycles. The number of alkyl halides is 1. The fourth-order valence-electron chi connectivity index (χ4n) is 0.322. The first-order chi connectivity index (χ1) is 2.84. The molecule has 0 amide bonds. The molecular weight excluding hydrogens is 118 g/mol. The summed E-state index contributed by atoms with van der Waals surface area (Å²) in [5.74, 6) is -0.245. The van der Waals surface area contributed by atoms with Crippen LogP contribution in [-0.4, -0.2) is 12.5 Å². The highest BCUT2D eigenvalue weighted by Crippen LogP contribution is 2.30. The summed E-state index contributed by atoms with van der Waals surface area (Å²) in [6, 6.07) is 0. The van der Waals surface area contributed by atoms with Gasteiger partial charge in [0.2, 0.25) is 0 Å². The largest absolute Gasteiger partial charge is 0.303 e. The van der Waals surface area contributed by atoms with Crippen molar-refractivity contribution in [2.45, 2.75) is 12.6 Å². The maximum absolute atomic E-state index is 11.5. The van der Waals surface area contributed by atoms with Gasteiger partial charge in [-0.15, -0.1) is 12.4 Å². The van der Waals surface area contributed by atoms with Gasteiger partial charge in [0.1, 0.15) is 12.5 Å². The van der Waals surface area contributed by atoms with E-state index < -0.39 is 6.17 Å². The normalized spacial score (nSPS) is 36.1. The number of rotatable bonds is 1. The Morgan fingerprint density at radius 2 is 2.14 bits per heavy atom. The van der Waals surface area contributed by atoms with E-state index in [1.807, 2.05) is 0 Å². The molecule has 0 aromatic carbocycles. The van der Waals surface area contributed by atoms with Crippen LogP contribution in [0.1, 0.15) is 6.42 Å². The number of carbonyl (C=O) groups excluding carboxylic acids is 1. The van der Waals surface area contributed by atoms with E-state index in [1.54, 1.807) is 0 Å². The van der Waals surface area contributed by atoms with E-state index in [4.69, 9.17) is 0 Å². The van der Waals surface area contributed by atoms with Crippen LogP contribution < -0.4 is 0 Å². The van der Waals surface area contributed by atoms with Crippen molar-refractivity contribution in [3.63, 3.8) is 0 Å². The first-order valence-corrected chi connectivity index (χ1v) is 1.94. The van der Waals surface area contributed by atoms with Gasteiger partial charge in [0.05, 0.1) is 0 Å². The van der Waals surface area contributed by atoms with Gasteiger partial charge in [0, 0.05) is 5.92 Å². The lowest BCUT2D eigenvalue weighted by molar-refractivity contribution is -0.109. The van der Waals surface area contributed by atoms with Crippen molar-refractivity contribution in [2.24, 2.45) is 5.92 Å². The maximum atomic E-state index is 11.5. The molecule has 0 spiro atoms. The topological polar surface area (TPSA) is 17.1 Å². The predicted octanol–water partition coefficient (Wildman–Crippen LogP) is 0.965. The van der Waals surface area contributed by atoms with Crippen LogP contribution in [0.4, 0.5) is 4.39 Å². The van der Waals surface area contributed by atoms with E-state index in [1.165, 1.54) is 0 Å². The van der Waals surface area contributed by atoms with Crippen molar-refractivity contribution < 1.29 is 9.18 Å². The van der Waals surface area contributed by atoms with Crippen LogP contribution in [0, 0.1) is 5.92 Å². The molecule has 0 bridgehead atoms. The Bertz CT molecular complexity index is 76.1. The van der Waals surface area contributed by atoms with Gasteiger partial charge >= 0.3 is 0 Å². The van der Waals surface area contributed by atoms with Crippen LogP contribution in [0.2, 0.25) is 0 Å². The SMILES string of the molecule is Cl.O=C[C@@H]1C[C@H]1F. The number of hydrogen-bond donors (Lipinski definition) is 0. The molecule has 0 N–H and O–H groups in total. The predicted molar refractivity (Wildman–Crippen MR) is 26.3 cm³/mol. The molecule has 1 aliphatic carbocycles. The number of halogens is 2. The molecule has 0 aromatic rings. The van der Waals surface area contributed by atoms with Gasteiger partial charge in [-0.2, -0.15) is 0 Å². The Morgan fingerprint density at radius 1 is 1.71 bits per heavy atom. The molecule has 1 rings (SSSR count). The third-order valence-corrected chi connectivity index (χ3v) is 0.934. The van der Waals surface area contributed by atoms with Crippen LogP contribution in [0.3, 0.4) is 0 Å². The van der Waals surface area contributed by atoms with Crippen molar-refractivity contribution in [1.29, 1.82) is 0 Å². The zero-order valence-electron chi connectivity index (χ0n) is 3.63. The average Bonchev–Trinajstić information content (AvgIpc) is 2.19. The Hall–Kier alpha value is -0.110. The zero-order chi connectivity index (χ0) is 4.57. The van der Waals surface area contributed by atoms with Gasteiger partial charge in [0.15, 0.2) is 0 Å². The lowest BCUT2D eigenvalue weighted by atomic mass is 10.5. The zero-order valence-corrected chi connectivity index (χ0v) is 4.45. The van der Waals surface area contributed by atoms with Gasteiger partial charge in [-0.1, -0.05) is 0 Å². The van der Waals surface area contributed by atoms with E-state index in [0.717, 1.165) is 0 Å². The highest BCUT2D eigenvalue weighted by Gasteiger charge is 2.36. The number of hydrogen-bond acceptors (Lipinski definition) is 1. The van der Waals surface area contributed by atoms with Crippen LogP contribution in [0.15, 0.2) is 0 Å². The minimum atomic E-state index is -0.803. The molecule has 0 saturated heterocycles. The summed E-state index contributed by atoms with van der Waals surface area (Å²) in [6.07, 6.45) is 0.330. The van der Waals surface area contributed by atoms with Crippen LogP contribution >= 0.6 is 12.4 Å². The molecule has 42 valence electrons. The van der Waals surface area contributed by atoms with E-state index in [-0.39, 0.29) is 18.3 Å². The molecule has 0 radical (unpaired) electrons. The van der Waals surface area contributed by atoms with Gasteiger partial charge in [0.25, 0.3) is 0 Å².